The highest BCUT2D eigenvalue weighted by molar-refractivity contribution is 6.42. The summed E-state index contributed by atoms with van der Waals surface area (Å²) in [6, 6.07) is 2.87. The molecule has 2 rings (SSSR count). The van der Waals surface area contributed by atoms with Crippen molar-refractivity contribution in [1.29, 1.82) is 0 Å². The summed E-state index contributed by atoms with van der Waals surface area (Å²) in [4.78, 5) is 13.5. The summed E-state index contributed by atoms with van der Waals surface area (Å²) in [5.74, 6) is -0.225. The number of phenols is 1. The van der Waals surface area contributed by atoms with Gasteiger partial charge in [0.05, 0.1) is 16.7 Å². The third-order valence-electron chi connectivity index (χ3n) is 3.61. The average Bonchev–Trinajstić information content (AvgIpc) is 2.63. The van der Waals surface area contributed by atoms with Crippen molar-refractivity contribution in [2.75, 3.05) is 13.2 Å². The Kier molecular flexibility index (Phi) is 4.23. The fourth-order valence-electron chi connectivity index (χ4n) is 2.61. The van der Waals surface area contributed by atoms with Crippen LogP contribution in [0.2, 0.25) is 10.0 Å². The molecule has 1 fully saturated rings. The van der Waals surface area contributed by atoms with E-state index in [1.165, 1.54) is 12.1 Å². The number of amides is 1. The minimum Gasteiger partial charge on any atom is -0.508 e. The van der Waals surface area contributed by atoms with Crippen molar-refractivity contribution in [2.24, 2.45) is 0 Å². The first-order valence-electron chi connectivity index (χ1n) is 6.04. The van der Waals surface area contributed by atoms with Crippen molar-refractivity contribution in [3.63, 3.8) is 0 Å². The second-order valence-electron chi connectivity index (χ2n) is 4.66. The number of carbonyl (C=O) groups excluding carboxylic acids is 1. The van der Waals surface area contributed by atoms with Gasteiger partial charge in [0.2, 0.25) is 5.91 Å². The number of halogens is 2. The molecule has 0 saturated carbocycles. The summed E-state index contributed by atoms with van der Waals surface area (Å²) in [6.45, 7) is 2.08. The van der Waals surface area contributed by atoms with Gasteiger partial charge in [-0.15, -0.1) is 0 Å². The van der Waals surface area contributed by atoms with Crippen molar-refractivity contribution >= 4 is 29.1 Å². The van der Waals surface area contributed by atoms with Gasteiger partial charge in [-0.2, -0.15) is 0 Å². The third kappa shape index (κ3) is 2.53. The van der Waals surface area contributed by atoms with E-state index < -0.39 is 0 Å². The summed E-state index contributed by atoms with van der Waals surface area (Å²) in [5.41, 5.74) is 0.510. The maximum absolute atomic E-state index is 11.9. The van der Waals surface area contributed by atoms with E-state index in [1.807, 2.05) is 6.92 Å². The number of likely N-dealkylation sites (tertiary alicyclic amines) is 1. The summed E-state index contributed by atoms with van der Waals surface area (Å²) >= 11 is 12.1. The van der Waals surface area contributed by atoms with Crippen molar-refractivity contribution in [2.45, 2.75) is 25.3 Å². The highest BCUT2D eigenvalue weighted by Gasteiger charge is 2.39. The van der Waals surface area contributed by atoms with Gasteiger partial charge in [-0.25, -0.2) is 0 Å². The molecule has 104 valence electrons. The molecular formula is C13H15Cl2NO3. The Balaban J connectivity index is 2.39. The Hall–Kier alpha value is -0.970. The lowest BCUT2D eigenvalue weighted by atomic mass is 9.91. The zero-order chi connectivity index (χ0) is 14.2. The zero-order valence-corrected chi connectivity index (χ0v) is 11.9. The van der Waals surface area contributed by atoms with Crippen LogP contribution >= 0.6 is 23.2 Å². The van der Waals surface area contributed by atoms with Crippen molar-refractivity contribution in [3.05, 3.63) is 27.7 Å². The SMILES string of the molecule is C[C@H]1[C@@H](c2c(O)ccc(Cl)c2Cl)CC(=O)N1CCO. The fourth-order valence-corrected chi connectivity index (χ4v) is 3.07. The number of phenolic OH excluding ortho intramolecular Hbond substituents is 1. The predicted molar refractivity (Wildman–Crippen MR) is 73.7 cm³/mol. The lowest BCUT2D eigenvalue weighted by Crippen LogP contribution is -2.34. The smallest absolute Gasteiger partial charge is 0.223 e. The standard InChI is InChI=1S/C13H15Cl2NO3/c1-7-8(6-11(19)16(7)4-5-17)12-10(18)3-2-9(14)13(12)15/h2-3,7-8,17-18H,4-6H2,1H3/t7-,8-/m0/s1. The number of aliphatic hydroxyl groups excluding tert-OH is 1. The van der Waals surface area contributed by atoms with E-state index in [4.69, 9.17) is 28.3 Å². The molecule has 0 aliphatic carbocycles. The van der Waals surface area contributed by atoms with Gasteiger partial charge in [-0.3, -0.25) is 4.79 Å². The third-order valence-corrected chi connectivity index (χ3v) is 4.43. The summed E-state index contributed by atoms with van der Waals surface area (Å²) in [5, 5.41) is 19.6. The summed E-state index contributed by atoms with van der Waals surface area (Å²) in [7, 11) is 0. The van der Waals surface area contributed by atoms with E-state index in [0.29, 0.717) is 10.6 Å². The lowest BCUT2D eigenvalue weighted by Gasteiger charge is -2.25. The molecule has 6 heteroatoms. The number of rotatable bonds is 3. The van der Waals surface area contributed by atoms with E-state index in [9.17, 15) is 9.90 Å². The van der Waals surface area contributed by atoms with Gasteiger partial charge in [-0.05, 0) is 19.1 Å². The molecule has 0 bridgehead atoms. The molecule has 2 atom stereocenters. The average molecular weight is 304 g/mol. The molecule has 4 nitrogen and oxygen atoms in total. The van der Waals surface area contributed by atoms with E-state index in [0.717, 1.165) is 0 Å². The monoisotopic (exact) mass is 303 g/mol. The van der Waals surface area contributed by atoms with Crippen LogP contribution in [0.4, 0.5) is 0 Å². The Labute approximate surface area is 121 Å². The van der Waals surface area contributed by atoms with Gasteiger partial charge in [0.25, 0.3) is 0 Å². The molecule has 0 unspecified atom stereocenters. The number of β-amino-alcohol motifs (C(OH)–C–C–N with tert-alkyl or cyclic N) is 1. The van der Waals surface area contributed by atoms with E-state index in [1.54, 1.807) is 4.90 Å². The number of benzene rings is 1. The number of aromatic hydroxyl groups is 1. The van der Waals surface area contributed by atoms with E-state index in [2.05, 4.69) is 0 Å². The van der Waals surface area contributed by atoms with Crippen LogP contribution in [0.15, 0.2) is 12.1 Å². The summed E-state index contributed by atoms with van der Waals surface area (Å²) < 4.78 is 0. The van der Waals surface area contributed by atoms with Crippen molar-refractivity contribution < 1.29 is 15.0 Å². The summed E-state index contributed by atoms with van der Waals surface area (Å²) in [6.07, 6.45) is 0.259. The van der Waals surface area contributed by atoms with Crippen molar-refractivity contribution in [1.82, 2.24) is 4.90 Å². The maximum atomic E-state index is 11.9. The zero-order valence-electron chi connectivity index (χ0n) is 10.4. The molecule has 2 N–H and O–H groups in total. The molecule has 0 radical (unpaired) electrons. The molecule has 1 amide bonds. The molecular weight excluding hydrogens is 289 g/mol. The van der Waals surface area contributed by atoms with Gasteiger partial charge in [0, 0.05) is 30.5 Å². The fraction of sp³-hybridized carbons (Fsp3) is 0.462. The largest absolute Gasteiger partial charge is 0.508 e. The minimum atomic E-state index is -0.217. The second-order valence-corrected chi connectivity index (χ2v) is 5.44. The number of carbonyl (C=O) groups is 1. The van der Waals surface area contributed by atoms with Gasteiger partial charge >= 0.3 is 0 Å². The Morgan fingerprint density at radius 2 is 2.11 bits per heavy atom. The molecule has 0 aromatic heterocycles. The molecule has 1 heterocycles. The molecule has 0 spiro atoms. The second kappa shape index (κ2) is 5.57. The van der Waals surface area contributed by atoms with Gasteiger partial charge < -0.3 is 15.1 Å². The van der Waals surface area contributed by atoms with Crippen LogP contribution in [0.3, 0.4) is 0 Å². The van der Waals surface area contributed by atoms with Crippen LogP contribution in [0, 0.1) is 0 Å². The van der Waals surface area contributed by atoms with Crippen LogP contribution in [-0.4, -0.2) is 40.2 Å². The Morgan fingerprint density at radius 3 is 2.74 bits per heavy atom. The normalized spacial score (nSPS) is 23.2. The number of nitrogens with zero attached hydrogens (tertiary/aromatic N) is 1. The van der Waals surface area contributed by atoms with Gasteiger partial charge in [-0.1, -0.05) is 23.2 Å². The Bertz CT molecular complexity index is 507. The predicted octanol–water partition coefficient (Wildman–Crippen LogP) is 2.40. The first-order chi connectivity index (χ1) is 8.97. The number of aliphatic hydroxyl groups is 1. The molecule has 1 saturated heterocycles. The topological polar surface area (TPSA) is 60.8 Å². The van der Waals surface area contributed by atoms with Crippen LogP contribution in [0.1, 0.15) is 24.8 Å². The minimum absolute atomic E-state index is 0.0462. The molecule has 19 heavy (non-hydrogen) atoms. The lowest BCUT2D eigenvalue weighted by molar-refractivity contribution is -0.129. The molecule has 1 aliphatic heterocycles. The molecule has 1 aliphatic rings. The highest BCUT2D eigenvalue weighted by atomic mass is 35.5. The first-order valence-corrected chi connectivity index (χ1v) is 6.80. The van der Waals surface area contributed by atoms with Crippen LogP contribution in [0.25, 0.3) is 0 Å². The number of hydrogen-bond acceptors (Lipinski definition) is 3. The Morgan fingerprint density at radius 1 is 1.42 bits per heavy atom. The molecule has 1 aromatic carbocycles. The van der Waals surface area contributed by atoms with E-state index >= 15 is 0 Å². The maximum Gasteiger partial charge on any atom is 0.223 e. The van der Waals surface area contributed by atoms with Crippen LogP contribution < -0.4 is 0 Å². The van der Waals surface area contributed by atoms with Crippen LogP contribution in [-0.2, 0) is 4.79 Å². The van der Waals surface area contributed by atoms with Gasteiger partial charge in [0.1, 0.15) is 5.75 Å². The number of hydrogen-bond donors (Lipinski definition) is 2. The quantitative estimate of drug-likeness (QED) is 0.901. The van der Waals surface area contributed by atoms with Crippen LogP contribution in [0.5, 0.6) is 5.75 Å². The molecule has 1 aromatic rings. The first kappa shape index (κ1) is 14.4. The van der Waals surface area contributed by atoms with E-state index in [-0.39, 0.29) is 48.2 Å². The van der Waals surface area contributed by atoms with Crippen molar-refractivity contribution in [3.8, 4) is 5.75 Å². The van der Waals surface area contributed by atoms with Gasteiger partial charge in [0.15, 0.2) is 0 Å². The highest BCUT2D eigenvalue weighted by Crippen LogP contribution is 2.44.